The molecule has 1 aromatic heterocycles. The number of nitrogens with zero attached hydrogens (tertiary/aromatic N) is 3. The molecular weight excluding hydrogens is 347 g/mol. The molecule has 25 heavy (non-hydrogen) atoms. The highest BCUT2D eigenvalue weighted by atomic mass is 32.2. The van der Waals surface area contributed by atoms with Crippen molar-refractivity contribution in [2.24, 2.45) is 7.05 Å². The van der Waals surface area contributed by atoms with Crippen LogP contribution in [0.5, 0.6) is 0 Å². The van der Waals surface area contributed by atoms with Gasteiger partial charge in [0.15, 0.2) is 0 Å². The molecule has 0 spiro atoms. The van der Waals surface area contributed by atoms with Crippen LogP contribution in [0.15, 0.2) is 35.5 Å². The molecule has 9 heteroatoms. The number of amides is 1. The summed E-state index contributed by atoms with van der Waals surface area (Å²) in [5, 5.41) is 4.14. The van der Waals surface area contributed by atoms with Gasteiger partial charge in [-0.05, 0) is 37.2 Å². The molecule has 1 saturated heterocycles. The number of likely N-dealkylation sites (tertiary alicyclic amines) is 1. The summed E-state index contributed by atoms with van der Waals surface area (Å²) in [6.07, 6.45) is 4.52. The molecule has 2 aromatic rings. The Balaban J connectivity index is 1.81. The molecule has 1 atom stereocenters. The van der Waals surface area contributed by atoms with E-state index in [1.807, 2.05) is 13.2 Å². The number of sulfonamides is 1. The number of aromatic nitrogens is 2. The van der Waals surface area contributed by atoms with Gasteiger partial charge in [-0.15, -0.1) is 0 Å². The number of benzene rings is 1. The summed E-state index contributed by atoms with van der Waals surface area (Å²) in [5.74, 6) is -1.00. The average molecular weight is 366 g/mol. The zero-order valence-corrected chi connectivity index (χ0v) is 14.8. The molecule has 0 radical (unpaired) electrons. The quantitative estimate of drug-likeness (QED) is 0.878. The van der Waals surface area contributed by atoms with E-state index in [1.165, 1.54) is 13.1 Å². The third kappa shape index (κ3) is 3.42. The van der Waals surface area contributed by atoms with Crippen LogP contribution in [0.1, 0.15) is 28.3 Å². The summed E-state index contributed by atoms with van der Waals surface area (Å²) in [6, 6.07) is 3.40. The van der Waals surface area contributed by atoms with Gasteiger partial charge in [0.25, 0.3) is 5.91 Å². The lowest BCUT2D eigenvalue weighted by atomic mass is 10.0. The number of carbonyl (C=O) groups is 1. The Bertz CT molecular complexity index is 910. The fraction of sp³-hybridized carbons (Fsp3) is 0.375. The molecule has 1 aromatic carbocycles. The van der Waals surface area contributed by atoms with Crippen LogP contribution in [0.3, 0.4) is 0 Å². The van der Waals surface area contributed by atoms with Crippen LogP contribution >= 0.6 is 0 Å². The predicted octanol–water partition coefficient (Wildman–Crippen LogP) is 1.10. The van der Waals surface area contributed by atoms with Gasteiger partial charge in [-0.2, -0.15) is 5.10 Å². The monoisotopic (exact) mass is 366 g/mol. The molecular formula is C16H19FN4O3S. The standard InChI is InChI=1S/C16H19FN4O3S/c1-18-25(23,24)15-7-11(3-4-14(15)17)16(22)21-6-5-12(10-21)13-8-19-20(2)9-13/h3-4,7-9,12,18H,5-6,10H2,1-2H3. The first-order chi connectivity index (χ1) is 11.8. The number of hydrogen-bond donors (Lipinski definition) is 1. The Hall–Kier alpha value is -2.26. The molecule has 0 aliphatic carbocycles. The molecule has 3 rings (SSSR count). The molecule has 0 bridgehead atoms. The minimum absolute atomic E-state index is 0.155. The van der Waals surface area contributed by atoms with Gasteiger partial charge in [0.2, 0.25) is 10.0 Å². The van der Waals surface area contributed by atoms with Crippen molar-refractivity contribution in [3.63, 3.8) is 0 Å². The van der Waals surface area contributed by atoms with Crippen molar-refractivity contribution in [2.75, 3.05) is 20.1 Å². The fourth-order valence-corrected chi connectivity index (χ4v) is 3.83. The SMILES string of the molecule is CNS(=O)(=O)c1cc(C(=O)N2CCC(c3cnn(C)c3)C2)ccc1F. The Morgan fingerprint density at radius 1 is 1.40 bits per heavy atom. The second-order valence-electron chi connectivity index (χ2n) is 6.04. The number of hydrogen-bond acceptors (Lipinski definition) is 4. The third-order valence-electron chi connectivity index (χ3n) is 4.41. The minimum Gasteiger partial charge on any atom is -0.338 e. The summed E-state index contributed by atoms with van der Waals surface area (Å²) in [5.41, 5.74) is 1.22. The Morgan fingerprint density at radius 2 is 2.16 bits per heavy atom. The fourth-order valence-electron chi connectivity index (χ4n) is 3.00. The highest BCUT2D eigenvalue weighted by molar-refractivity contribution is 7.89. The van der Waals surface area contributed by atoms with Crippen LogP contribution in [0, 0.1) is 5.82 Å². The normalized spacial score (nSPS) is 17.9. The van der Waals surface area contributed by atoms with Gasteiger partial charge in [0.1, 0.15) is 10.7 Å². The Labute approximate surface area is 145 Å². The van der Waals surface area contributed by atoms with E-state index in [0.29, 0.717) is 13.1 Å². The van der Waals surface area contributed by atoms with Crippen molar-refractivity contribution < 1.29 is 17.6 Å². The van der Waals surface area contributed by atoms with Crippen LogP contribution < -0.4 is 4.72 Å². The van der Waals surface area contributed by atoms with Crippen LogP contribution in [0.4, 0.5) is 4.39 Å². The molecule has 1 aliphatic rings. The largest absolute Gasteiger partial charge is 0.338 e. The van der Waals surface area contributed by atoms with Gasteiger partial charge in [-0.1, -0.05) is 0 Å². The molecule has 1 unspecified atom stereocenters. The Morgan fingerprint density at radius 3 is 2.80 bits per heavy atom. The molecule has 134 valence electrons. The Kier molecular flexibility index (Phi) is 4.61. The van der Waals surface area contributed by atoms with E-state index in [-0.39, 0.29) is 17.4 Å². The van der Waals surface area contributed by atoms with Crippen molar-refractivity contribution in [1.29, 1.82) is 0 Å². The lowest BCUT2D eigenvalue weighted by molar-refractivity contribution is 0.0790. The first-order valence-corrected chi connectivity index (χ1v) is 9.31. The number of aryl methyl sites for hydroxylation is 1. The molecule has 1 fully saturated rings. The first-order valence-electron chi connectivity index (χ1n) is 7.82. The minimum atomic E-state index is -3.97. The highest BCUT2D eigenvalue weighted by Gasteiger charge is 2.29. The van der Waals surface area contributed by atoms with E-state index in [9.17, 15) is 17.6 Å². The van der Waals surface area contributed by atoms with Crippen molar-refractivity contribution in [3.05, 3.63) is 47.5 Å². The van der Waals surface area contributed by atoms with Crippen molar-refractivity contribution in [2.45, 2.75) is 17.2 Å². The molecule has 1 aliphatic heterocycles. The summed E-state index contributed by atoms with van der Waals surface area (Å²) in [7, 11) is -0.933. The first kappa shape index (κ1) is 17.6. The smallest absolute Gasteiger partial charge is 0.253 e. The maximum Gasteiger partial charge on any atom is 0.253 e. The van der Waals surface area contributed by atoms with Crippen LogP contribution in [-0.4, -0.2) is 49.1 Å². The topological polar surface area (TPSA) is 84.3 Å². The summed E-state index contributed by atoms with van der Waals surface area (Å²) >= 11 is 0. The number of halogens is 1. The average Bonchev–Trinajstić information content (AvgIpc) is 3.23. The van der Waals surface area contributed by atoms with Crippen LogP contribution in [0.2, 0.25) is 0 Å². The predicted molar refractivity (Wildman–Crippen MR) is 89.1 cm³/mol. The third-order valence-corrected chi connectivity index (χ3v) is 5.84. The van der Waals surface area contributed by atoms with E-state index in [2.05, 4.69) is 9.82 Å². The van der Waals surface area contributed by atoms with Crippen LogP contribution in [0.25, 0.3) is 0 Å². The zero-order valence-electron chi connectivity index (χ0n) is 13.9. The molecule has 2 heterocycles. The number of rotatable bonds is 4. The van der Waals surface area contributed by atoms with Gasteiger partial charge < -0.3 is 4.90 Å². The van der Waals surface area contributed by atoms with Gasteiger partial charge in [-0.25, -0.2) is 17.5 Å². The van der Waals surface area contributed by atoms with Crippen molar-refractivity contribution >= 4 is 15.9 Å². The molecule has 1 N–H and O–H groups in total. The van der Waals surface area contributed by atoms with E-state index >= 15 is 0 Å². The lowest BCUT2D eigenvalue weighted by Gasteiger charge is -2.17. The summed E-state index contributed by atoms with van der Waals surface area (Å²) in [4.78, 5) is 13.8. The van der Waals surface area contributed by atoms with E-state index in [0.717, 1.165) is 24.1 Å². The molecule has 0 saturated carbocycles. The van der Waals surface area contributed by atoms with Crippen molar-refractivity contribution in [1.82, 2.24) is 19.4 Å². The van der Waals surface area contributed by atoms with E-state index in [4.69, 9.17) is 0 Å². The lowest BCUT2D eigenvalue weighted by Crippen LogP contribution is -2.29. The number of nitrogens with one attached hydrogen (secondary N) is 1. The molecule has 1 amide bonds. The van der Waals surface area contributed by atoms with Gasteiger partial charge in [0, 0.05) is 37.8 Å². The summed E-state index contributed by atoms with van der Waals surface area (Å²) in [6.45, 7) is 1.08. The van der Waals surface area contributed by atoms with Gasteiger partial charge >= 0.3 is 0 Å². The van der Waals surface area contributed by atoms with Crippen molar-refractivity contribution in [3.8, 4) is 0 Å². The van der Waals surface area contributed by atoms with E-state index in [1.54, 1.807) is 15.8 Å². The second kappa shape index (κ2) is 6.57. The number of carbonyl (C=O) groups excluding carboxylic acids is 1. The molecule has 7 nitrogen and oxygen atoms in total. The van der Waals surface area contributed by atoms with Crippen LogP contribution in [-0.2, 0) is 17.1 Å². The van der Waals surface area contributed by atoms with E-state index < -0.39 is 20.7 Å². The highest BCUT2D eigenvalue weighted by Crippen LogP contribution is 2.28. The van der Waals surface area contributed by atoms with Gasteiger partial charge in [-0.3, -0.25) is 9.48 Å². The maximum atomic E-state index is 13.8. The summed E-state index contributed by atoms with van der Waals surface area (Å²) < 4.78 is 41.3. The zero-order chi connectivity index (χ0) is 18.2. The maximum absolute atomic E-state index is 13.8. The van der Waals surface area contributed by atoms with Gasteiger partial charge in [0.05, 0.1) is 6.20 Å². The second-order valence-corrected chi connectivity index (χ2v) is 7.89.